The van der Waals surface area contributed by atoms with Gasteiger partial charge in [-0.2, -0.15) is 0 Å². The SMILES string of the molecule is CC(C)(CN)NC(=O)CCn1[nH]c(=O)c2ccccc2c1=O. The van der Waals surface area contributed by atoms with Gasteiger partial charge in [0, 0.05) is 18.5 Å². The van der Waals surface area contributed by atoms with Gasteiger partial charge in [0.25, 0.3) is 11.1 Å². The second kappa shape index (κ2) is 6.15. The number of fused-ring (bicyclic) bond motifs is 1. The van der Waals surface area contributed by atoms with Crippen LogP contribution in [0.1, 0.15) is 20.3 Å². The lowest BCUT2D eigenvalue weighted by molar-refractivity contribution is -0.122. The molecular weight excluding hydrogens is 284 g/mol. The summed E-state index contributed by atoms with van der Waals surface area (Å²) in [5.41, 5.74) is 4.38. The van der Waals surface area contributed by atoms with Crippen molar-refractivity contribution in [3.05, 3.63) is 45.0 Å². The number of rotatable bonds is 5. The van der Waals surface area contributed by atoms with E-state index in [1.807, 2.05) is 13.8 Å². The van der Waals surface area contributed by atoms with Crippen LogP contribution < -0.4 is 22.2 Å². The number of benzene rings is 1. The summed E-state index contributed by atoms with van der Waals surface area (Å²) in [5, 5.41) is 5.96. The van der Waals surface area contributed by atoms with Crippen molar-refractivity contribution in [3.8, 4) is 0 Å². The van der Waals surface area contributed by atoms with E-state index >= 15 is 0 Å². The van der Waals surface area contributed by atoms with Crippen LogP contribution in [0.2, 0.25) is 0 Å². The number of H-pyrrole nitrogens is 1. The first kappa shape index (κ1) is 16.0. The zero-order valence-electron chi connectivity index (χ0n) is 12.7. The van der Waals surface area contributed by atoms with Gasteiger partial charge in [-0.3, -0.25) is 19.5 Å². The quantitative estimate of drug-likeness (QED) is 0.718. The standard InChI is InChI=1S/C15H20N4O3/c1-15(2,9-16)17-12(20)7-8-19-14(22)11-6-4-3-5-10(11)13(21)18-19/h3-6H,7-9,16H2,1-2H3,(H,17,20)(H,18,21). The van der Waals surface area contributed by atoms with Gasteiger partial charge < -0.3 is 11.1 Å². The summed E-state index contributed by atoms with van der Waals surface area (Å²) in [5.74, 6) is -0.226. The smallest absolute Gasteiger partial charge is 0.273 e. The number of carbonyl (C=O) groups excluding carboxylic acids is 1. The number of amides is 1. The summed E-state index contributed by atoms with van der Waals surface area (Å²) >= 11 is 0. The number of aromatic amines is 1. The van der Waals surface area contributed by atoms with Crippen LogP contribution >= 0.6 is 0 Å². The zero-order valence-corrected chi connectivity index (χ0v) is 12.7. The van der Waals surface area contributed by atoms with Crippen LogP contribution in [0.25, 0.3) is 10.8 Å². The molecule has 0 unspecified atom stereocenters. The number of hydrogen-bond donors (Lipinski definition) is 3. The molecule has 1 heterocycles. The monoisotopic (exact) mass is 304 g/mol. The number of nitrogens with zero attached hydrogens (tertiary/aromatic N) is 1. The summed E-state index contributed by atoms with van der Waals surface area (Å²) in [6, 6.07) is 6.59. The fourth-order valence-corrected chi connectivity index (χ4v) is 2.11. The molecule has 0 aliphatic carbocycles. The summed E-state index contributed by atoms with van der Waals surface area (Å²) in [6.45, 7) is 4.04. The highest BCUT2D eigenvalue weighted by molar-refractivity contribution is 5.80. The van der Waals surface area contributed by atoms with E-state index in [2.05, 4.69) is 10.4 Å². The predicted molar refractivity (Wildman–Crippen MR) is 84.7 cm³/mol. The molecule has 22 heavy (non-hydrogen) atoms. The number of carbonyl (C=O) groups is 1. The molecule has 0 saturated carbocycles. The minimum absolute atomic E-state index is 0.0810. The average Bonchev–Trinajstić information content (AvgIpc) is 2.49. The Morgan fingerprint density at radius 3 is 2.55 bits per heavy atom. The minimum Gasteiger partial charge on any atom is -0.350 e. The van der Waals surface area contributed by atoms with E-state index in [9.17, 15) is 14.4 Å². The van der Waals surface area contributed by atoms with Crippen LogP contribution in [0.5, 0.6) is 0 Å². The molecule has 2 rings (SSSR count). The lowest BCUT2D eigenvalue weighted by Gasteiger charge is -2.24. The molecule has 118 valence electrons. The maximum atomic E-state index is 12.3. The second-order valence-electron chi connectivity index (χ2n) is 5.83. The number of hydrogen-bond acceptors (Lipinski definition) is 4. The molecule has 7 heteroatoms. The fourth-order valence-electron chi connectivity index (χ4n) is 2.11. The number of aryl methyl sites for hydroxylation is 1. The van der Waals surface area contributed by atoms with Crippen LogP contribution in [0.4, 0.5) is 0 Å². The highest BCUT2D eigenvalue weighted by Crippen LogP contribution is 2.03. The molecule has 4 N–H and O–H groups in total. The number of nitrogens with two attached hydrogens (primary N) is 1. The molecule has 1 aromatic carbocycles. The number of nitrogens with one attached hydrogen (secondary N) is 2. The minimum atomic E-state index is -0.501. The first-order valence-electron chi connectivity index (χ1n) is 7.07. The van der Waals surface area contributed by atoms with Crippen molar-refractivity contribution in [2.75, 3.05) is 6.54 Å². The van der Waals surface area contributed by atoms with Crippen molar-refractivity contribution in [3.63, 3.8) is 0 Å². The molecule has 0 aliphatic heterocycles. The van der Waals surface area contributed by atoms with Crippen LogP contribution in [0.15, 0.2) is 33.9 Å². The Morgan fingerprint density at radius 2 is 1.91 bits per heavy atom. The van der Waals surface area contributed by atoms with Gasteiger partial charge >= 0.3 is 0 Å². The first-order chi connectivity index (χ1) is 10.3. The van der Waals surface area contributed by atoms with E-state index in [1.165, 1.54) is 4.68 Å². The lowest BCUT2D eigenvalue weighted by Crippen LogP contribution is -2.49. The molecule has 1 amide bonds. The van der Waals surface area contributed by atoms with Crippen molar-refractivity contribution in [1.82, 2.24) is 15.1 Å². The Bertz CT molecular complexity index is 804. The Labute approximate surface area is 127 Å². The Kier molecular flexibility index (Phi) is 4.46. The van der Waals surface area contributed by atoms with Gasteiger partial charge in [-0.05, 0) is 26.0 Å². The molecule has 0 spiro atoms. The summed E-state index contributed by atoms with van der Waals surface area (Å²) in [6.07, 6.45) is 0.0810. The van der Waals surface area contributed by atoms with Crippen molar-refractivity contribution < 1.29 is 4.79 Å². The van der Waals surface area contributed by atoms with Gasteiger partial charge in [0.15, 0.2) is 0 Å². The third-order valence-electron chi connectivity index (χ3n) is 3.43. The predicted octanol–water partition coefficient (Wildman–Crippen LogP) is -0.0666. The van der Waals surface area contributed by atoms with Crippen molar-refractivity contribution in [2.45, 2.75) is 32.4 Å². The van der Waals surface area contributed by atoms with E-state index in [4.69, 9.17) is 5.73 Å². The van der Waals surface area contributed by atoms with Crippen molar-refractivity contribution >= 4 is 16.7 Å². The molecular formula is C15H20N4O3. The molecule has 7 nitrogen and oxygen atoms in total. The molecule has 2 aromatic rings. The van der Waals surface area contributed by atoms with E-state index in [0.717, 1.165) is 0 Å². The third-order valence-corrected chi connectivity index (χ3v) is 3.43. The third kappa shape index (κ3) is 3.43. The van der Waals surface area contributed by atoms with Crippen molar-refractivity contribution in [1.29, 1.82) is 0 Å². The van der Waals surface area contributed by atoms with Gasteiger partial charge in [-0.25, -0.2) is 4.68 Å². The molecule has 0 saturated heterocycles. The van der Waals surface area contributed by atoms with Gasteiger partial charge in [0.05, 0.1) is 17.3 Å². The Hall–Kier alpha value is -2.41. The first-order valence-corrected chi connectivity index (χ1v) is 7.07. The molecule has 0 bridgehead atoms. The van der Waals surface area contributed by atoms with Crippen LogP contribution in [0.3, 0.4) is 0 Å². The van der Waals surface area contributed by atoms with E-state index < -0.39 is 5.54 Å². The Morgan fingerprint density at radius 1 is 1.27 bits per heavy atom. The summed E-state index contributed by atoms with van der Waals surface area (Å²) in [7, 11) is 0. The van der Waals surface area contributed by atoms with Gasteiger partial charge in [-0.1, -0.05) is 12.1 Å². The maximum Gasteiger partial charge on any atom is 0.273 e. The van der Waals surface area contributed by atoms with Gasteiger partial charge in [0.1, 0.15) is 0 Å². The zero-order chi connectivity index (χ0) is 16.3. The largest absolute Gasteiger partial charge is 0.350 e. The molecule has 0 fully saturated rings. The highest BCUT2D eigenvalue weighted by Gasteiger charge is 2.18. The topological polar surface area (TPSA) is 110 Å². The van der Waals surface area contributed by atoms with Gasteiger partial charge in [-0.15, -0.1) is 0 Å². The van der Waals surface area contributed by atoms with E-state index in [0.29, 0.717) is 17.3 Å². The summed E-state index contributed by atoms with van der Waals surface area (Å²) in [4.78, 5) is 36.1. The second-order valence-corrected chi connectivity index (χ2v) is 5.83. The lowest BCUT2D eigenvalue weighted by atomic mass is 10.1. The molecule has 0 aliphatic rings. The van der Waals surface area contributed by atoms with Crippen LogP contribution in [-0.4, -0.2) is 27.8 Å². The van der Waals surface area contributed by atoms with E-state index in [1.54, 1.807) is 24.3 Å². The maximum absolute atomic E-state index is 12.3. The average molecular weight is 304 g/mol. The summed E-state index contributed by atoms with van der Waals surface area (Å²) < 4.78 is 1.17. The molecule has 0 atom stereocenters. The normalized spacial score (nSPS) is 11.6. The Balaban J connectivity index is 2.20. The molecule has 1 aromatic heterocycles. The van der Waals surface area contributed by atoms with Crippen LogP contribution in [0, 0.1) is 0 Å². The van der Waals surface area contributed by atoms with Gasteiger partial charge in [0.2, 0.25) is 5.91 Å². The molecule has 0 radical (unpaired) electrons. The van der Waals surface area contributed by atoms with E-state index in [-0.39, 0.29) is 30.0 Å². The highest BCUT2D eigenvalue weighted by atomic mass is 16.2. The number of aromatic nitrogens is 2. The fraction of sp³-hybridized carbons (Fsp3) is 0.400. The van der Waals surface area contributed by atoms with Crippen LogP contribution in [-0.2, 0) is 11.3 Å². The van der Waals surface area contributed by atoms with Crippen molar-refractivity contribution in [2.24, 2.45) is 5.73 Å².